The van der Waals surface area contributed by atoms with Crippen LogP contribution < -0.4 is 5.56 Å². The van der Waals surface area contributed by atoms with E-state index in [1.165, 1.54) is 0 Å². The second kappa shape index (κ2) is 6.98. The average molecular weight is 365 g/mol. The first-order valence-corrected chi connectivity index (χ1v) is 9.28. The predicted molar refractivity (Wildman–Crippen MR) is 103 cm³/mol. The van der Waals surface area contributed by atoms with E-state index in [0.717, 1.165) is 29.7 Å². The number of likely N-dealkylation sites (tertiary alicyclic amines) is 1. The fourth-order valence-corrected chi connectivity index (χ4v) is 3.74. The molecule has 0 aliphatic carbocycles. The van der Waals surface area contributed by atoms with Gasteiger partial charge in [0.2, 0.25) is 0 Å². The number of nitrogens with zero attached hydrogens (tertiary/aromatic N) is 4. The van der Waals surface area contributed by atoms with Crippen LogP contribution in [0.15, 0.2) is 35.5 Å². The topological polar surface area (TPSA) is 83.9 Å². The smallest absolute Gasteiger partial charge is 0.256 e. The summed E-state index contributed by atoms with van der Waals surface area (Å²) in [6.07, 6.45) is 4.97. The highest BCUT2D eigenvalue weighted by molar-refractivity contribution is 5.97. The van der Waals surface area contributed by atoms with Crippen molar-refractivity contribution in [3.05, 3.63) is 58.0 Å². The minimum Gasteiger partial charge on any atom is -0.342 e. The molecule has 1 aliphatic rings. The van der Waals surface area contributed by atoms with Gasteiger partial charge in [0.05, 0.1) is 17.4 Å². The first kappa shape index (κ1) is 17.5. The second-order valence-corrected chi connectivity index (χ2v) is 7.32. The highest BCUT2D eigenvalue weighted by Crippen LogP contribution is 2.21. The lowest BCUT2D eigenvalue weighted by atomic mass is 9.96. The third kappa shape index (κ3) is 3.49. The van der Waals surface area contributed by atoms with E-state index in [2.05, 4.69) is 15.0 Å². The van der Waals surface area contributed by atoms with Gasteiger partial charge in [-0.15, -0.1) is 0 Å². The number of imidazole rings is 1. The third-order valence-corrected chi connectivity index (χ3v) is 5.28. The summed E-state index contributed by atoms with van der Waals surface area (Å²) in [4.78, 5) is 38.6. The van der Waals surface area contributed by atoms with Gasteiger partial charge in [-0.3, -0.25) is 14.2 Å². The summed E-state index contributed by atoms with van der Waals surface area (Å²) in [7, 11) is 0. The summed E-state index contributed by atoms with van der Waals surface area (Å²) < 4.78 is 1.69. The Kier molecular flexibility index (Phi) is 4.51. The van der Waals surface area contributed by atoms with Gasteiger partial charge in [-0.25, -0.2) is 9.97 Å². The SMILES string of the molecule is Cc1nc2ccc(C(=O)N3CCC(Cn4cncc(C)c4=O)CC3)cc2[nH]1. The summed E-state index contributed by atoms with van der Waals surface area (Å²) in [5.74, 6) is 1.28. The molecule has 0 bridgehead atoms. The number of carbonyl (C=O) groups is 1. The normalized spacial score (nSPS) is 15.4. The number of amides is 1. The molecular weight excluding hydrogens is 342 g/mol. The molecule has 1 aliphatic heterocycles. The lowest BCUT2D eigenvalue weighted by Gasteiger charge is -2.32. The molecule has 4 rings (SSSR count). The molecule has 1 fully saturated rings. The monoisotopic (exact) mass is 365 g/mol. The molecular formula is C20H23N5O2. The zero-order valence-corrected chi connectivity index (χ0v) is 15.6. The van der Waals surface area contributed by atoms with Crippen LogP contribution in [0.2, 0.25) is 0 Å². The van der Waals surface area contributed by atoms with Crippen molar-refractivity contribution in [1.82, 2.24) is 24.4 Å². The molecule has 0 saturated carbocycles. The van der Waals surface area contributed by atoms with Gasteiger partial charge >= 0.3 is 0 Å². The maximum Gasteiger partial charge on any atom is 0.256 e. The van der Waals surface area contributed by atoms with E-state index in [1.807, 2.05) is 30.0 Å². The number of H-pyrrole nitrogens is 1. The maximum absolute atomic E-state index is 12.8. The zero-order valence-electron chi connectivity index (χ0n) is 15.6. The fraction of sp³-hybridized carbons (Fsp3) is 0.400. The van der Waals surface area contributed by atoms with Crippen LogP contribution in [0.3, 0.4) is 0 Å². The first-order chi connectivity index (χ1) is 13.0. The predicted octanol–water partition coefficient (Wildman–Crippen LogP) is 2.29. The Morgan fingerprint density at radius 3 is 2.81 bits per heavy atom. The lowest BCUT2D eigenvalue weighted by Crippen LogP contribution is -2.40. The van der Waals surface area contributed by atoms with Crippen LogP contribution >= 0.6 is 0 Å². The molecule has 1 amide bonds. The molecule has 7 heteroatoms. The molecule has 27 heavy (non-hydrogen) atoms. The highest BCUT2D eigenvalue weighted by Gasteiger charge is 2.24. The molecule has 1 N–H and O–H groups in total. The van der Waals surface area contributed by atoms with E-state index in [1.54, 1.807) is 24.0 Å². The van der Waals surface area contributed by atoms with Gasteiger partial charge in [-0.05, 0) is 50.8 Å². The summed E-state index contributed by atoms with van der Waals surface area (Å²) >= 11 is 0. The van der Waals surface area contributed by atoms with Crippen molar-refractivity contribution in [3.63, 3.8) is 0 Å². The van der Waals surface area contributed by atoms with Gasteiger partial charge in [0.15, 0.2) is 0 Å². The molecule has 140 valence electrons. The highest BCUT2D eigenvalue weighted by atomic mass is 16.2. The van der Waals surface area contributed by atoms with Gasteiger partial charge < -0.3 is 9.88 Å². The van der Waals surface area contributed by atoms with Crippen LogP contribution in [0.4, 0.5) is 0 Å². The number of aromatic amines is 1. The molecule has 3 heterocycles. The lowest BCUT2D eigenvalue weighted by molar-refractivity contribution is 0.0682. The third-order valence-electron chi connectivity index (χ3n) is 5.28. The van der Waals surface area contributed by atoms with Gasteiger partial charge in [-0.2, -0.15) is 0 Å². The summed E-state index contributed by atoms with van der Waals surface area (Å²) in [6.45, 7) is 5.76. The number of benzene rings is 1. The molecule has 3 aromatic rings. The van der Waals surface area contributed by atoms with Crippen molar-refractivity contribution in [2.24, 2.45) is 5.92 Å². The van der Waals surface area contributed by atoms with Gasteiger partial charge in [0, 0.05) is 37.0 Å². The van der Waals surface area contributed by atoms with E-state index in [0.29, 0.717) is 36.7 Å². The largest absolute Gasteiger partial charge is 0.342 e. The minimum absolute atomic E-state index is 0.0201. The maximum atomic E-state index is 12.8. The van der Waals surface area contributed by atoms with Crippen LogP contribution in [0.25, 0.3) is 11.0 Å². The number of hydrogen-bond donors (Lipinski definition) is 1. The molecule has 7 nitrogen and oxygen atoms in total. The number of nitrogens with one attached hydrogen (secondary N) is 1. The van der Waals surface area contributed by atoms with E-state index in [9.17, 15) is 9.59 Å². The molecule has 0 spiro atoms. The number of hydrogen-bond acceptors (Lipinski definition) is 4. The Morgan fingerprint density at radius 1 is 1.26 bits per heavy atom. The standard InChI is InChI=1S/C20H23N5O2/c1-13-10-21-12-25(19(13)26)11-15-5-7-24(8-6-15)20(27)16-3-4-17-18(9-16)23-14(2)22-17/h3-4,9-10,12,15H,5-8,11H2,1-2H3,(H,22,23). The van der Waals surface area contributed by atoms with Crippen molar-refractivity contribution in [3.8, 4) is 0 Å². The Bertz CT molecular complexity index is 1040. The van der Waals surface area contributed by atoms with Crippen LogP contribution in [0, 0.1) is 19.8 Å². The van der Waals surface area contributed by atoms with Gasteiger partial charge in [0.1, 0.15) is 5.82 Å². The molecule has 1 saturated heterocycles. The van der Waals surface area contributed by atoms with E-state index >= 15 is 0 Å². The van der Waals surface area contributed by atoms with Crippen molar-refractivity contribution in [2.45, 2.75) is 33.2 Å². The quantitative estimate of drug-likeness (QED) is 0.772. The van der Waals surface area contributed by atoms with Crippen molar-refractivity contribution in [2.75, 3.05) is 13.1 Å². The number of rotatable bonds is 3. The molecule has 0 atom stereocenters. The number of carbonyl (C=O) groups excluding carboxylic acids is 1. The van der Waals surface area contributed by atoms with Crippen LogP contribution in [0.5, 0.6) is 0 Å². The van der Waals surface area contributed by atoms with E-state index < -0.39 is 0 Å². The zero-order chi connectivity index (χ0) is 19.0. The number of aromatic nitrogens is 4. The number of aryl methyl sites for hydroxylation is 2. The first-order valence-electron chi connectivity index (χ1n) is 9.28. The number of fused-ring (bicyclic) bond motifs is 1. The summed E-state index contributed by atoms with van der Waals surface area (Å²) in [5, 5.41) is 0. The molecule has 0 unspecified atom stereocenters. The summed E-state index contributed by atoms with van der Waals surface area (Å²) in [6, 6.07) is 5.60. The second-order valence-electron chi connectivity index (χ2n) is 7.32. The van der Waals surface area contributed by atoms with E-state index in [-0.39, 0.29) is 11.5 Å². The Balaban J connectivity index is 1.41. The summed E-state index contributed by atoms with van der Waals surface area (Å²) in [5.41, 5.74) is 3.13. The average Bonchev–Trinajstić information content (AvgIpc) is 3.04. The Labute approximate surface area is 157 Å². The molecule has 1 aromatic carbocycles. The van der Waals surface area contributed by atoms with Crippen LogP contribution in [0.1, 0.15) is 34.6 Å². The molecule has 2 aromatic heterocycles. The van der Waals surface area contributed by atoms with Crippen molar-refractivity contribution in [1.29, 1.82) is 0 Å². The van der Waals surface area contributed by atoms with Crippen molar-refractivity contribution >= 4 is 16.9 Å². The van der Waals surface area contributed by atoms with E-state index in [4.69, 9.17) is 0 Å². The van der Waals surface area contributed by atoms with Gasteiger partial charge in [-0.1, -0.05) is 0 Å². The Hall–Kier alpha value is -2.96. The minimum atomic E-state index is 0.0201. The van der Waals surface area contributed by atoms with Gasteiger partial charge in [0.25, 0.3) is 11.5 Å². The number of piperidine rings is 1. The fourth-order valence-electron chi connectivity index (χ4n) is 3.74. The Morgan fingerprint density at radius 2 is 2.04 bits per heavy atom. The van der Waals surface area contributed by atoms with Crippen molar-refractivity contribution < 1.29 is 4.79 Å². The van der Waals surface area contributed by atoms with Crippen LogP contribution in [-0.4, -0.2) is 43.4 Å². The van der Waals surface area contributed by atoms with Crippen LogP contribution in [-0.2, 0) is 6.54 Å². The molecule has 0 radical (unpaired) electrons.